The van der Waals surface area contributed by atoms with Crippen molar-refractivity contribution in [1.82, 2.24) is 4.90 Å². The van der Waals surface area contributed by atoms with Gasteiger partial charge in [0.05, 0.1) is 22.9 Å². The number of nitrogen functional groups attached to an aromatic ring is 1. The lowest BCUT2D eigenvalue weighted by atomic mass is 10.3. The minimum atomic E-state index is -0.163. The number of hydrogen-bond donors (Lipinski definition) is 2. The second kappa shape index (κ2) is 6.90. The molecule has 0 aliphatic heterocycles. The van der Waals surface area contributed by atoms with Crippen molar-refractivity contribution in [2.24, 2.45) is 0 Å². The van der Waals surface area contributed by atoms with Crippen molar-refractivity contribution in [2.75, 3.05) is 36.7 Å². The highest BCUT2D eigenvalue weighted by Crippen LogP contribution is 2.16. The smallest absolute Gasteiger partial charge is 0.234 e. The van der Waals surface area contributed by atoms with E-state index in [1.165, 1.54) is 16.7 Å². The van der Waals surface area contributed by atoms with Crippen molar-refractivity contribution in [2.45, 2.75) is 0 Å². The van der Waals surface area contributed by atoms with E-state index in [1.54, 1.807) is 38.4 Å². The molecule has 1 rings (SSSR count). The number of thioether (sulfide) groups is 1. The molecule has 0 radical (unpaired) electrons. The number of rotatable bonds is 5. The molecule has 0 heterocycles. The van der Waals surface area contributed by atoms with Crippen molar-refractivity contribution in [3.8, 4) is 0 Å². The zero-order valence-electron chi connectivity index (χ0n) is 10.5. The number of anilines is 2. The van der Waals surface area contributed by atoms with Crippen LogP contribution in [0.5, 0.6) is 0 Å². The molecule has 0 bridgehead atoms. The summed E-state index contributed by atoms with van der Waals surface area (Å²) >= 11 is 1.28. The SMILES string of the molecule is CN(C)C(=O)CSCC(=O)Nc1ccccc1N. The highest BCUT2D eigenvalue weighted by Gasteiger charge is 2.08. The third-order valence-electron chi connectivity index (χ3n) is 2.19. The van der Waals surface area contributed by atoms with E-state index in [1.807, 2.05) is 0 Å². The molecule has 6 heteroatoms. The summed E-state index contributed by atoms with van der Waals surface area (Å²) in [6.07, 6.45) is 0. The lowest BCUT2D eigenvalue weighted by Gasteiger charge is -2.10. The molecule has 2 amide bonds. The molecule has 1 aromatic carbocycles. The highest BCUT2D eigenvalue weighted by atomic mass is 32.2. The third-order valence-corrected chi connectivity index (χ3v) is 3.11. The van der Waals surface area contributed by atoms with Gasteiger partial charge in [-0.15, -0.1) is 11.8 Å². The first-order valence-corrected chi connectivity index (χ1v) is 6.58. The molecule has 0 fully saturated rings. The Hall–Kier alpha value is -1.69. The van der Waals surface area contributed by atoms with Crippen molar-refractivity contribution in [3.05, 3.63) is 24.3 Å². The van der Waals surface area contributed by atoms with Crippen molar-refractivity contribution >= 4 is 35.0 Å². The topological polar surface area (TPSA) is 75.4 Å². The van der Waals surface area contributed by atoms with Gasteiger partial charge in [-0.1, -0.05) is 12.1 Å². The Kier molecular flexibility index (Phi) is 5.51. The summed E-state index contributed by atoms with van der Waals surface area (Å²) in [6.45, 7) is 0. The number of benzene rings is 1. The Balaban J connectivity index is 2.35. The molecule has 0 saturated carbocycles. The van der Waals surface area contributed by atoms with E-state index < -0.39 is 0 Å². The van der Waals surface area contributed by atoms with Gasteiger partial charge in [0.2, 0.25) is 11.8 Å². The van der Waals surface area contributed by atoms with Gasteiger partial charge < -0.3 is 16.0 Å². The first-order chi connectivity index (χ1) is 8.50. The van der Waals surface area contributed by atoms with E-state index in [-0.39, 0.29) is 17.6 Å². The molecule has 0 saturated heterocycles. The molecular weight excluding hydrogens is 250 g/mol. The average Bonchev–Trinajstić information content (AvgIpc) is 2.32. The maximum Gasteiger partial charge on any atom is 0.234 e. The fraction of sp³-hybridized carbons (Fsp3) is 0.333. The Bertz CT molecular complexity index is 435. The number of para-hydroxylation sites is 2. The molecular formula is C12H17N3O2S. The second-order valence-electron chi connectivity index (χ2n) is 3.92. The maximum absolute atomic E-state index is 11.6. The van der Waals surface area contributed by atoms with Crippen molar-refractivity contribution < 1.29 is 9.59 Å². The third kappa shape index (κ3) is 4.67. The lowest BCUT2D eigenvalue weighted by molar-refractivity contribution is -0.125. The number of nitrogens with one attached hydrogen (secondary N) is 1. The Morgan fingerprint density at radius 3 is 2.56 bits per heavy atom. The van der Waals surface area contributed by atoms with Crippen molar-refractivity contribution in [3.63, 3.8) is 0 Å². The van der Waals surface area contributed by atoms with Gasteiger partial charge in [0.25, 0.3) is 0 Å². The lowest BCUT2D eigenvalue weighted by Crippen LogP contribution is -2.24. The first-order valence-electron chi connectivity index (χ1n) is 5.43. The van der Waals surface area contributed by atoms with E-state index in [4.69, 9.17) is 5.73 Å². The van der Waals surface area contributed by atoms with Crippen LogP contribution in [0.1, 0.15) is 0 Å². The van der Waals surface area contributed by atoms with Crippen LogP contribution in [0.25, 0.3) is 0 Å². The molecule has 98 valence electrons. The van der Waals surface area contributed by atoms with Gasteiger partial charge in [0.15, 0.2) is 0 Å². The van der Waals surface area contributed by atoms with Gasteiger partial charge >= 0.3 is 0 Å². The average molecular weight is 267 g/mol. The number of amides is 2. The van der Waals surface area contributed by atoms with Crippen LogP contribution in [0.2, 0.25) is 0 Å². The van der Waals surface area contributed by atoms with Gasteiger partial charge in [-0.25, -0.2) is 0 Å². The fourth-order valence-electron chi connectivity index (χ4n) is 1.16. The van der Waals surface area contributed by atoms with Crippen LogP contribution in [-0.4, -0.2) is 42.3 Å². The Labute approximate surface area is 111 Å². The quantitative estimate of drug-likeness (QED) is 0.781. The molecule has 0 aliphatic carbocycles. The van der Waals surface area contributed by atoms with Crippen LogP contribution in [0, 0.1) is 0 Å². The molecule has 0 spiro atoms. The molecule has 3 N–H and O–H groups in total. The van der Waals surface area contributed by atoms with Crippen molar-refractivity contribution in [1.29, 1.82) is 0 Å². The number of nitrogens with zero attached hydrogens (tertiary/aromatic N) is 1. The number of carbonyl (C=O) groups is 2. The van der Waals surface area contributed by atoms with E-state index in [2.05, 4.69) is 5.32 Å². The van der Waals surface area contributed by atoms with E-state index in [0.29, 0.717) is 17.1 Å². The zero-order valence-corrected chi connectivity index (χ0v) is 11.3. The van der Waals surface area contributed by atoms with Crippen LogP contribution in [0.4, 0.5) is 11.4 Å². The monoisotopic (exact) mass is 267 g/mol. The van der Waals surface area contributed by atoms with Crippen LogP contribution in [0.3, 0.4) is 0 Å². The van der Waals surface area contributed by atoms with Gasteiger partial charge in [0, 0.05) is 14.1 Å². The molecule has 5 nitrogen and oxygen atoms in total. The summed E-state index contributed by atoms with van der Waals surface area (Å²) in [5, 5.41) is 2.70. The highest BCUT2D eigenvalue weighted by molar-refractivity contribution is 8.00. The van der Waals surface area contributed by atoms with E-state index in [9.17, 15) is 9.59 Å². The standard InChI is InChI=1S/C12H17N3O2S/c1-15(2)12(17)8-18-7-11(16)14-10-6-4-3-5-9(10)13/h3-6H,7-8,13H2,1-2H3,(H,14,16). The molecule has 0 unspecified atom stereocenters. The summed E-state index contributed by atoms with van der Waals surface area (Å²) in [7, 11) is 3.38. The zero-order chi connectivity index (χ0) is 13.5. The predicted octanol–water partition coefficient (Wildman–Crippen LogP) is 1.03. The van der Waals surface area contributed by atoms with Crippen LogP contribution >= 0.6 is 11.8 Å². The first kappa shape index (κ1) is 14.4. The molecule has 1 aromatic rings. The summed E-state index contributed by atoms with van der Waals surface area (Å²) in [4.78, 5) is 24.4. The minimum absolute atomic E-state index is 0.00738. The van der Waals surface area contributed by atoms with Gasteiger partial charge in [-0.3, -0.25) is 9.59 Å². The Morgan fingerprint density at radius 1 is 1.28 bits per heavy atom. The van der Waals surface area contributed by atoms with E-state index >= 15 is 0 Å². The largest absolute Gasteiger partial charge is 0.397 e. The minimum Gasteiger partial charge on any atom is -0.397 e. The van der Waals surface area contributed by atoms with Crippen LogP contribution in [0.15, 0.2) is 24.3 Å². The number of nitrogens with two attached hydrogens (primary N) is 1. The fourth-order valence-corrected chi connectivity index (χ4v) is 1.95. The summed E-state index contributed by atoms with van der Waals surface area (Å²) < 4.78 is 0. The molecule has 0 atom stereocenters. The van der Waals surface area contributed by atoms with Crippen LogP contribution in [-0.2, 0) is 9.59 Å². The van der Waals surface area contributed by atoms with Gasteiger partial charge in [-0.2, -0.15) is 0 Å². The Morgan fingerprint density at radius 2 is 1.94 bits per heavy atom. The van der Waals surface area contributed by atoms with Crippen LogP contribution < -0.4 is 11.1 Å². The summed E-state index contributed by atoms with van der Waals surface area (Å²) in [5.74, 6) is 0.356. The van der Waals surface area contributed by atoms with Gasteiger partial charge in [0.1, 0.15) is 0 Å². The summed E-state index contributed by atoms with van der Waals surface area (Å²) in [6, 6.07) is 7.06. The summed E-state index contributed by atoms with van der Waals surface area (Å²) in [5.41, 5.74) is 6.83. The maximum atomic E-state index is 11.6. The predicted molar refractivity (Wildman–Crippen MR) is 75.5 cm³/mol. The number of hydrogen-bond acceptors (Lipinski definition) is 4. The van der Waals surface area contributed by atoms with E-state index in [0.717, 1.165) is 0 Å². The number of carbonyl (C=O) groups excluding carboxylic acids is 2. The molecule has 18 heavy (non-hydrogen) atoms. The second-order valence-corrected chi connectivity index (χ2v) is 4.90. The molecule has 0 aromatic heterocycles. The molecule has 0 aliphatic rings. The normalized spacial score (nSPS) is 9.89. The van der Waals surface area contributed by atoms with Gasteiger partial charge in [-0.05, 0) is 12.1 Å².